The topological polar surface area (TPSA) is 16.4 Å². The monoisotopic (exact) mass is 613 g/mol. The van der Waals surface area contributed by atoms with Gasteiger partial charge in [0.2, 0.25) is 0 Å². The van der Waals surface area contributed by atoms with Crippen molar-refractivity contribution in [3.05, 3.63) is 188 Å². The van der Waals surface area contributed by atoms with Gasteiger partial charge in [0.1, 0.15) is 11.2 Å². The Morgan fingerprint density at radius 3 is 1.50 bits per heavy atom. The number of hydrogen-bond acceptors (Lipinski definition) is 2. The van der Waals surface area contributed by atoms with E-state index < -0.39 is 0 Å². The molecule has 9 aromatic rings. The minimum Gasteiger partial charge on any atom is -0.456 e. The van der Waals surface area contributed by atoms with E-state index in [0.29, 0.717) is 0 Å². The third kappa shape index (κ3) is 4.83. The fraction of sp³-hybridized carbons (Fsp3) is 0. The van der Waals surface area contributed by atoms with Gasteiger partial charge in [-0.2, -0.15) is 0 Å². The van der Waals surface area contributed by atoms with Crippen LogP contribution in [-0.4, -0.2) is 0 Å². The summed E-state index contributed by atoms with van der Waals surface area (Å²) in [5, 5.41) is 4.69. The number of furan rings is 1. The van der Waals surface area contributed by atoms with Gasteiger partial charge >= 0.3 is 0 Å². The summed E-state index contributed by atoms with van der Waals surface area (Å²) < 4.78 is 6.26. The quantitative estimate of drug-likeness (QED) is 0.185. The Balaban J connectivity index is 1.23. The van der Waals surface area contributed by atoms with E-state index in [2.05, 4.69) is 181 Å². The van der Waals surface area contributed by atoms with Crippen LogP contribution in [0.25, 0.3) is 66.1 Å². The van der Waals surface area contributed by atoms with Crippen molar-refractivity contribution in [1.29, 1.82) is 0 Å². The number of hydrogen-bond donors (Lipinski definition) is 0. The van der Waals surface area contributed by atoms with Gasteiger partial charge in [0, 0.05) is 27.7 Å². The Morgan fingerprint density at radius 1 is 0.312 bits per heavy atom. The number of para-hydroxylation sites is 2. The summed E-state index contributed by atoms with van der Waals surface area (Å²) in [5.74, 6) is 0. The maximum Gasteiger partial charge on any atom is 0.136 e. The highest BCUT2D eigenvalue weighted by Crippen LogP contribution is 2.45. The first-order valence-corrected chi connectivity index (χ1v) is 16.4. The Morgan fingerprint density at radius 2 is 0.833 bits per heavy atom. The number of nitrogens with zero attached hydrogens (tertiary/aromatic N) is 1. The van der Waals surface area contributed by atoms with Crippen molar-refractivity contribution in [1.82, 2.24) is 0 Å². The molecule has 0 unspecified atom stereocenters. The summed E-state index contributed by atoms with van der Waals surface area (Å²) in [5.41, 5.74) is 12.3. The second-order valence-electron chi connectivity index (χ2n) is 12.1. The third-order valence-electron chi connectivity index (χ3n) is 9.30. The molecule has 1 heterocycles. The molecular formula is C46H31NO. The summed E-state index contributed by atoms with van der Waals surface area (Å²) in [7, 11) is 0. The van der Waals surface area contributed by atoms with Crippen molar-refractivity contribution in [2.75, 3.05) is 4.90 Å². The smallest absolute Gasteiger partial charge is 0.136 e. The minimum absolute atomic E-state index is 0.910. The van der Waals surface area contributed by atoms with E-state index in [0.717, 1.165) is 44.6 Å². The molecule has 0 saturated heterocycles. The van der Waals surface area contributed by atoms with E-state index in [4.69, 9.17) is 4.42 Å². The molecule has 0 fully saturated rings. The zero-order chi connectivity index (χ0) is 31.9. The zero-order valence-corrected chi connectivity index (χ0v) is 26.3. The highest BCUT2D eigenvalue weighted by Gasteiger charge is 2.20. The van der Waals surface area contributed by atoms with Crippen LogP contribution in [0.2, 0.25) is 0 Å². The van der Waals surface area contributed by atoms with Gasteiger partial charge in [0.15, 0.2) is 0 Å². The highest BCUT2D eigenvalue weighted by molar-refractivity contribution is 6.21. The molecule has 48 heavy (non-hydrogen) atoms. The first-order chi connectivity index (χ1) is 23.8. The van der Waals surface area contributed by atoms with Crippen LogP contribution < -0.4 is 4.90 Å². The SMILES string of the molecule is c1ccc(-c2ccc(N(c3ccc(-c4ccccc4)cc3)c3ccccc3-c3cccc4c3ccc3oc5ccccc5c34)cc2)cc1. The molecule has 2 heteroatoms. The lowest BCUT2D eigenvalue weighted by atomic mass is 9.94. The van der Waals surface area contributed by atoms with Crippen LogP contribution in [0.3, 0.4) is 0 Å². The molecule has 226 valence electrons. The molecule has 0 amide bonds. The number of anilines is 3. The van der Waals surface area contributed by atoms with Crippen molar-refractivity contribution in [2.45, 2.75) is 0 Å². The number of fused-ring (bicyclic) bond motifs is 5. The lowest BCUT2D eigenvalue weighted by Gasteiger charge is -2.28. The van der Waals surface area contributed by atoms with Crippen LogP contribution in [0.4, 0.5) is 17.1 Å². The zero-order valence-electron chi connectivity index (χ0n) is 26.3. The van der Waals surface area contributed by atoms with Gasteiger partial charge in [-0.3, -0.25) is 0 Å². The van der Waals surface area contributed by atoms with Crippen molar-refractivity contribution in [2.24, 2.45) is 0 Å². The van der Waals surface area contributed by atoms with Crippen molar-refractivity contribution < 1.29 is 4.42 Å². The van der Waals surface area contributed by atoms with Gasteiger partial charge in [0.05, 0.1) is 5.69 Å². The van der Waals surface area contributed by atoms with Gasteiger partial charge in [0.25, 0.3) is 0 Å². The molecule has 0 aliphatic rings. The van der Waals surface area contributed by atoms with Crippen molar-refractivity contribution >= 4 is 49.8 Å². The second-order valence-corrected chi connectivity index (χ2v) is 12.1. The maximum atomic E-state index is 6.26. The Hall–Kier alpha value is -6.38. The van der Waals surface area contributed by atoms with E-state index >= 15 is 0 Å². The van der Waals surface area contributed by atoms with E-state index in [1.807, 2.05) is 12.1 Å². The van der Waals surface area contributed by atoms with Gasteiger partial charge in [-0.25, -0.2) is 0 Å². The van der Waals surface area contributed by atoms with Crippen molar-refractivity contribution in [3.63, 3.8) is 0 Å². The van der Waals surface area contributed by atoms with Crippen LogP contribution in [0.15, 0.2) is 192 Å². The lowest BCUT2D eigenvalue weighted by Crippen LogP contribution is -2.11. The summed E-state index contributed by atoms with van der Waals surface area (Å²) in [6, 6.07) is 66.9. The standard InChI is InChI=1S/C46H31NO/c1-3-12-32(13-4-1)34-22-26-36(27-23-34)47(37-28-24-35(25-29-37)33-14-5-2-6-15-33)43-20-9-7-16-40(43)38-18-11-19-41-39(38)30-31-45-46(41)42-17-8-10-21-44(42)48-45/h1-31H. The van der Waals surface area contributed by atoms with Crippen LogP contribution in [0.1, 0.15) is 0 Å². The van der Waals surface area contributed by atoms with E-state index in [1.54, 1.807) is 0 Å². The number of rotatable bonds is 6. The molecule has 0 spiro atoms. The van der Waals surface area contributed by atoms with Crippen LogP contribution >= 0.6 is 0 Å². The average Bonchev–Trinajstić information content (AvgIpc) is 3.56. The molecule has 1 aromatic heterocycles. The molecular weight excluding hydrogens is 583 g/mol. The largest absolute Gasteiger partial charge is 0.456 e. The first-order valence-electron chi connectivity index (χ1n) is 16.4. The molecule has 0 aliphatic carbocycles. The molecule has 0 saturated carbocycles. The molecule has 8 aromatic carbocycles. The fourth-order valence-corrected chi connectivity index (χ4v) is 7.01. The summed E-state index contributed by atoms with van der Waals surface area (Å²) in [4.78, 5) is 2.38. The van der Waals surface area contributed by atoms with Gasteiger partial charge in [-0.1, -0.05) is 146 Å². The van der Waals surface area contributed by atoms with E-state index in [-0.39, 0.29) is 0 Å². The Bertz CT molecular complexity index is 2450. The second kappa shape index (κ2) is 11.8. The van der Waals surface area contributed by atoms with Gasteiger partial charge in [-0.15, -0.1) is 0 Å². The molecule has 0 bridgehead atoms. The summed E-state index contributed by atoms with van der Waals surface area (Å²) in [6.45, 7) is 0. The minimum atomic E-state index is 0.910. The number of benzene rings is 8. The van der Waals surface area contributed by atoms with Crippen LogP contribution in [-0.2, 0) is 0 Å². The predicted octanol–water partition coefficient (Wildman–Crippen LogP) is 13.2. The fourth-order valence-electron chi connectivity index (χ4n) is 7.01. The highest BCUT2D eigenvalue weighted by atomic mass is 16.3. The molecule has 2 nitrogen and oxygen atoms in total. The molecule has 0 atom stereocenters. The van der Waals surface area contributed by atoms with Crippen LogP contribution in [0, 0.1) is 0 Å². The maximum absolute atomic E-state index is 6.26. The van der Waals surface area contributed by atoms with Gasteiger partial charge < -0.3 is 9.32 Å². The Labute approximate surface area is 279 Å². The van der Waals surface area contributed by atoms with Crippen molar-refractivity contribution in [3.8, 4) is 33.4 Å². The lowest BCUT2D eigenvalue weighted by molar-refractivity contribution is 0.669. The van der Waals surface area contributed by atoms with Crippen LogP contribution in [0.5, 0.6) is 0 Å². The summed E-state index contributed by atoms with van der Waals surface area (Å²) in [6.07, 6.45) is 0. The average molecular weight is 614 g/mol. The molecule has 0 radical (unpaired) electrons. The van der Waals surface area contributed by atoms with Gasteiger partial charge in [-0.05, 0) is 81.1 Å². The third-order valence-corrected chi connectivity index (χ3v) is 9.30. The first kappa shape index (κ1) is 27.9. The molecule has 9 rings (SSSR count). The summed E-state index contributed by atoms with van der Waals surface area (Å²) >= 11 is 0. The molecule has 0 N–H and O–H groups in total. The predicted molar refractivity (Wildman–Crippen MR) is 202 cm³/mol. The van der Waals surface area contributed by atoms with E-state index in [1.165, 1.54) is 38.6 Å². The normalized spacial score (nSPS) is 11.3. The molecule has 0 aliphatic heterocycles. The Kier molecular flexibility index (Phi) is 6.84. The van der Waals surface area contributed by atoms with E-state index in [9.17, 15) is 0 Å².